The van der Waals surface area contributed by atoms with E-state index in [-0.39, 0.29) is 0 Å². The predicted octanol–water partition coefficient (Wildman–Crippen LogP) is 3.73. The van der Waals surface area contributed by atoms with Crippen molar-refractivity contribution in [3.63, 3.8) is 0 Å². The Bertz CT molecular complexity index is 508. The average molecular weight is 307 g/mol. The minimum Gasteiger partial charge on any atom is -0.496 e. The van der Waals surface area contributed by atoms with Crippen LogP contribution in [-0.4, -0.2) is 12.2 Å². The van der Waals surface area contributed by atoms with Gasteiger partial charge in [-0.2, -0.15) is 0 Å². The summed E-state index contributed by atoms with van der Waals surface area (Å²) in [6.45, 7) is 0. The highest BCUT2D eigenvalue weighted by atomic mass is 79.9. The van der Waals surface area contributed by atoms with Crippen molar-refractivity contribution >= 4 is 15.9 Å². The van der Waals surface area contributed by atoms with E-state index in [1.807, 2.05) is 48.5 Å². The molecule has 94 valence electrons. The molecule has 0 aliphatic carbocycles. The molecule has 0 aliphatic heterocycles. The van der Waals surface area contributed by atoms with Crippen molar-refractivity contribution in [3.05, 3.63) is 64.1 Å². The van der Waals surface area contributed by atoms with Crippen molar-refractivity contribution in [1.29, 1.82) is 0 Å². The van der Waals surface area contributed by atoms with Gasteiger partial charge in [-0.3, -0.25) is 0 Å². The Labute approximate surface area is 115 Å². The lowest BCUT2D eigenvalue weighted by molar-refractivity contribution is 0.177. The van der Waals surface area contributed by atoms with E-state index in [0.717, 1.165) is 21.3 Å². The van der Waals surface area contributed by atoms with Crippen LogP contribution in [-0.2, 0) is 6.42 Å². The van der Waals surface area contributed by atoms with Crippen LogP contribution in [0.4, 0.5) is 0 Å². The first-order valence-electron chi connectivity index (χ1n) is 5.76. The molecule has 2 rings (SSSR count). The molecule has 18 heavy (non-hydrogen) atoms. The molecule has 0 aromatic heterocycles. The van der Waals surface area contributed by atoms with Crippen LogP contribution in [0.2, 0.25) is 0 Å². The van der Waals surface area contributed by atoms with Crippen molar-refractivity contribution in [2.24, 2.45) is 0 Å². The van der Waals surface area contributed by atoms with Crippen molar-refractivity contribution in [1.82, 2.24) is 0 Å². The summed E-state index contributed by atoms with van der Waals surface area (Å²) in [6.07, 6.45) is 0.0282. The molecule has 2 nitrogen and oxygen atoms in total. The summed E-state index contributed by atoms with van der Waals surface area (Å²) in [5.41, 5.74) is 1.92. The van der Waals surface area contributed by atoms with Gasteiger partial charge in [-0.15, -0.1) is 0 Å². The molecule has 0 heterocycles. The van der Waals surface area contributed by atoms with Gasteiger partial charge in [0.25, 0.3) is 0 Å². The van der Waals surface area contributed by atoms with E-state index in [1.165, 1.54) is 0 Å². The van der Waals surface area contributed by atoms with Gasteiger partial charge < -0.3 is 9.84 Å². The Balaban J connectivity index is 2.15. The highest BCUT2D eigenvalue weighted by Gasteiger charge is 2.11. The second-order valence-electron chi connectivity index (χ2n) is 4.08. The lowest BCUT2D eigenvalue weighted by atomic mass is 10.0. The summed E-state index contributed by atoms with van der Waals surface area (Å²) in [5, 5.41) is 10.2. The normalized spacial score (nSPS) is 12.2. The van der Waals surface area contributed by atoms with E-state index in [2.05, 4.69) is 15.9 Å². The van der Waals surface area contributed by atoms with Crippen molar-refractivity contribution in [2.45, 2.75) is 12.5 Å². The minimum absolute atomic E-state index is 0.519. The Morgan fingerprint density at radius 3 is 2.44 bits per heavy atom. The summed E-state index contributed by atoms with van der Waals surface area (Å²) in [4.78, 5) is 0. The minimum atomic E-state index is -0.519. The van der Waals surface area contributed by atoms with Crippen molar-refractivity contribution in [2.75, 3.05) is 7.11 Å². The maximum atomic E-state index is 10.2. The average Bonchev–Trinajstić information content (AvgIpc) is 2.40. The van der Waals surface area contributed by atoms with Crippen LogP contribution in [0.15, 0.2) is 53.0 Å². The Hall–Kier alpha value is -1.32. The molecule has 0 saturated carbocycles. The molecule has 0 spiro atoms. The largest absolute Gasteiger partial charge is 0.496 e. The SMILES string of the molecule is COc1ccccc1CC(O)c1ccc(Br)cc1. The predicted molar refractivity (Wildman–Crippen MR) is 75.8 cm³/mol. The van der Waals surface area contributed by atoms with E-state index < -0.39 is 6.10 Å². The third-order valence-electron chi connectivity index (χ3n) is 2.86. The molecule has 3 heteroatoms. The molecule has 0 saturated heterocycles. The quantitative estimate of drug-likeness (QED) is 0.932. The fraction of sp³-hybridized carbons (Fsp3) is 0.200. The molecule has 2 aromatic carbocycles. The summed E-state index contributed by atoms with van der Waals surface area (Å²) < 4.78 is 6.29. The van der Waals surface area contributed by atoms with Crippen LogP contribution >= 0.6 is 15.9 Å². The van der Waals surface area contributed by atoms with Gasteiger partial charge in [0.1, 0.15) is 5.75 Å². The number of halogens is 1. The number of para-hydroxylation sites is 1. The van der Waals surface area contributed by atoms with E-state index in [1.54, 1.807) is 7.11 Å². The first-order chi connectivity index (χ1) is 8.70. The maximum Gasteiger partial charge on any atom is 0.122 e. The zero-order valence-corrected chi connectivity index (χ0v) is 11.7. The fourth-order valence-electron chi connectivity index (χ4n) is 1.88. The van der Waals surface area contributed by atoms with Crippen LogP contribution in [0, 0.1) is 0 Å². The Morgan fingerprint density at radius 1 is 1.11 bits per heavy atom. The number of aliphatic hydroxyl groups excluding tert-OH is 1. The maximum absolute atomic E-state index is 10.2. The second-order valence-corrected chi connectivity index (χ2v) is 5.00. The van der Waals surface area contributed by atoms with Crippen molar-refractivity contribution < 1.29 is 9.84 Å². The molecule has 0 bridgehead atoms. The molecule has 0 fully saturated rings. The molecule has 1 unspecified atom stereocenters. The highest BCUT2D eigenvalue weighted by Crippen LogP contribution is 2.25. The molecule has 0 aliphatic rings. The third kappa shape index (κ3) is 3.12. The Kier molecular flexibility index (Phi) is 4.39. The monoisotopic (exact) mass is 306 g/mol. The number of rotatable bonds is 4. The zero-order valence-electron chi connectivity index (χ0n) is 10.1. The number of hydrogen-bond donors (Lipinski definition) is 1. The third-order valence-corrected chi connectivity index (χ3v) is 3.39. The van der Waals surface area contributed by atoms with Gasteiger partial charge in [0.15, 0.2) is 0 Å². The molecule has 1 atom stereocenters. The molecule has 2 aromatic rings. The van der Waals surface area contributed by atoms with E-state index in [0.29, 0.717) is 6.42 Å². The van der Waals surface area contributed by atoms with Gasteiger partial charge in [0.2, 0.25) is 0 Å². The number of methoxy groups -OCH3 is 1. The van der Waals surface area contributed by atoms with Gasteiger partial charge in [0.05, 0.1) is 13.2 Å². The van der Waals surface area contributed by atoms with Gasteiger partial charge in [-0.25, -0.2) is 0 Å². The molecule has 1 N–H and O–H groups in total. The van der Waals surface area contributed by atoms with Crippen LogP contribution < -0.4 is 4.74 Å². The van der Waals surface area contributed by atoms with Crippen LogP contribution in [0.5, 0.6) is 5.75 Å². The molecular weight excluding hydrogens is 292 g/mol. The second kappa shape index (κ2) is 6.03. The summed E-state index contributed by atoms with van der Waals surface area (Å²) in [6, 6.07) is 15.5. The van der Waals surface area contributed by atoms with Crippen LogP contribution in [0.25, 0.3) is 0 Å². The van der Waals surface area contributed by atoms with E-state index in [4.69, 9.17) is 4.74 Å². The fourth-order valence-corrected chi connectivity index (χ4v) is 2.15. The van der Waals surface area contributed by atoms with Gasteiger partial charge in [-0.1, -0.05) is 46.3 Å². The van der Waals surface area contributed by atoms with Gasteiger partial charge >= 0.3 is 0 Å². The van der Waals surface area contributed by atoms with Crippen LogP contribution in [0.3, 0.4) is 0 Å². The van der Waals surface area contributed by atoms with E-state index >= 15 is 0 Å². The summed E-state index contributed by atoms with van der Waals surface area (Å²) in [5.74, 6) is 0.814. The smallest absolute Gasteiger partial charge is 0.122 e. The number of ether oxygens (including phenoxy) is 1. The summed E-state index contributed by atoms with van der Waals surface area (Å²) in [7, 11) is 1.64. The molecule has 0 amide bonds. The number of hydrogen-bond acceptors (Lipinski definition) is 2. The topological polar surface area (TPSA) is 29.5 Å². The number of aliphatic hydroxyl groups is 1. The standard InChI is InChI=1S/C15H15BrO2/c1-18-15-5-3-2-4-12(15)10-14(17)11-6-8-13(16)9-7-11/h2-9,14,17H,10H2,1H3. The van der Waals surface area contributed by atoms with Gasteiger partial charge in [0, 0.05) is 10.9 Å². The Morgan fingerprint density at radius 2 is 1.78 bits per heavy atom. The lowest BCUT2D eigenvalue weighted by Gasteiger charge is -2.13. The van der Waals surface area contributed by atoms with Crippen molar-refractivity contribution in [3.8, 4) is 5.75 Å². The zero-order chi connectivity index (χ0) is 13.0. The van der Waals surface area contributed by atoms with Crippen LogP contribution in [0.1, 0.15) is 17.2 Å². The molecule has 0 radical (unpaired) electrons. The molecular formula is C15H15BrO2. The first kappa shape index (κ1) is 13.1. The first-order valence-corrected chi connectivity index (χ1v) is 6.55. The number of benzene rings is 2. The summed E-state index contributed by atoms with van der Waals surface area (Å²) >= 11 is 3.38. The lowest BCUT2D eigenvalue weighted by Crippen LogP contribution is -2.03. The van der Waals surface area contributed by atoms with Gasteiger partial charge in [-0.05, 0) is 29.3 Å². The highest BCUT2D eigenvalue weighted by molar-refractivity contribution is 9.10. The van der Waals surface area contributed by atoms with E-state index in [9.17, 15) is 5.11 Å².